The number of thiophene rings is 1. The highest BCUT2D eigenvalue weighted by molar-refractivity contribution is 7.89. The van der Waals surface area contributed by atoms with Gasteiger partial charge in [-0.3, -0.25) is 0 Å². The molecule has 0 radical (unpaired) electrons. The lowest BCUT2D eigenvalue weighted by atomic mass is 10.3. The first-order chi connectivity index (χ1) is 9.58. The Labute approximate surface area is 124 Å². The minimum Gasteiger partial charge on any atom is -0.379 e. The van der Waals surface area contributed by atoms with E-state index in [1.165, 1.54) is 9.18 Å². The van der Waals surface area contributed by atoms with Crippen molar-refractivity contribution in [2.24, 2.45) is 0 Å². The molecule has 0 spiro atoms. The van der Waals surface area contributed by atoms with Gasteiger partial charge in [-0.1, -0.05) is 6.07 Å². The van der Waals surface area contributed by atoms with Crippen molar-refractivity contribution in [1.29, 1.82) is 0 Å². The van der Waals surface area contributed by atoms with E-state index in [-0.39, 0.29) is 18.5 Å². The molecule has 1 aliphatic rings. The van der Waals surface area contributed by atoms with Crippen molar-refractivity contribution in [3.8, 4) is 0 Å². The SMILES string of the molecule is CN(CCc1cccs1)S(=O)(=O)CCO[C@H]1CCOC1. The van der Waals surface area contributed by atoms with E-state index in [0.717, 1.165) is 12.8 Å². The maximum absolute atomic E-state index is 12.1. The molecule has 0 unspecified atom stereocenters. The summed E-state index contributed by atoms with van der Waals surface area (Å²) in [6.45, 7) is 2.03. The maximum atomic E-state index is 12.1. The number of rotatable bonds is 8. The van der Waals surface area contributed by atoms with E-state index in [2.05, 4.69) is 0 Å². The molecule has 7 heteroatoms. The van der Waals surface area contributed by atoms with Gasteiger partial charge >= 0.3 is 0 Å². The lowest BCUT2D eigenvalue weighted by Gasteiger charge is -2.17. The van der Waals surface area contributed by atoms with Crippen molar-refractivity contribution in [3.05, 3.63) is 22.4 Å². The molecule has 0 amide bonds. The van der Waals surface area contributed by atoms with Crippen molar-refractivity contribution in [2.45, 2.75) is 18.9 Å². The van der Waals surface area contributed by atoms with Crippen LogP contribution in [0.2, 0.25) is 0 Å². The predicted octanol–water partition coefficient (Wildman–Crippen LogP) is 1.36. The van der Waals surface area contributed by atoms with E-state index in [1.54, 1.807) is 18.4 Å². The van der Waals surface area contributed by atoms with Gasteiger partial charge in [0.2, 0.25) is 10.0 Å². The van der Waals surface area contributed by atoms with Crippen molar-refractivity contribution in [1.82, 2.24) is 4.31 Å². The van der Waals surface area contributed by atoms with Gasteiger partial charge in [0.15, 0.2) is 0 Å². The van der Waals surface area contributed by atoms with Gasteiger partial charge in [-0.15, -0.1) is 11.3 Å². The topological polar surface area (TPSA) is 55.8 Å². The molecular formula is C13H21NO4S2. The molecule has 1 aromatic heterocycles. The van der Waals surface area contributed by atoms with Gasteiger partial charge in [-0.05, 0) is 24.3 Å². The first-order valence-corrected chi connectivity index (χ1v) is 9.22. The summed E-state index contributed by atoms with van der Waals surface area (Å²) in [7, 11) is -1.61. The molecule has 5 nitrogen and oxygen atoms in total. The molecule has 0 aromatic carbocycles. The number of likely N-dealkylation sites (N-methyl/N-ethyl adjacent to an activating group) is 1. The van der Waals surface area contributed by atoms with Gasteiger partial charge in [0.05, 0.1) is 25.1 Å². The van der Waals surface area contributed by atoms with E-state index in [0.29, 0.717) is 19.8 Å². The average Bonchev–Trinajstić information content (AvgIpc) is 3.08. The van der Waals surface area contributed by atoms with E-state index >= 15 is 0 Å². The maximum Gasteiger partial charge on any atom is 0.216 e. The highest BCUT2D eigenvalue weighted by Gasteiger charge is 2.20. The van der Waals surface area contributed by atoms with Crippen LogP contribution in [0, 0.1) is 0 Å². The minimum atomic E-state index is -3.23. The molecule has 1 saturated heterocycles. The standard InChI is InChI=1S/C13H21NO4S2/c1-14(6-4-13-3-2-9-19-13)20(15,16)10-8-18-12-5-7-17-11-12/h2-3,9,12H,4-8,10-11H2,1H3/t12-/m0/s1. The predicted molar refractivity (Wildman–Crippen MR) is 79.6 cm³/mol. The van der Waals surface area contributed by atoms with E-state index < -0.39 is 10.0 Å². The summed E-state index contributed by atoms with van der Waals surface area (Å²) < 4.78 is 36.3. The summed E-state index contributed by atoms with van der Waals surface area (Å²) in [6.07, 6.45) is 1.67. The fourth-order valence-electron chi connectivity index (χ4n) is 1.98. The molecular weight excluding hydrogens is 298 g/mol. The summed E-state index contributed by atoms with van der Waals surface area (Å²) in [4.78, 5) is 1.20. The first-order valence-electron chi connectivity index (χ1n) is 6.73. The molecule has 1 aliphatic heterocycles. The van der Waals surface area contributed by atoms with Gasteiger partial charge < -0.3 is 9.47 Å². The van der Waals surface area contributed by atoms with Crippen LogP contribution in [0.5, 0.6) is 0 Å². The smallest absolute Gasteiger partial charge is 0.216 e. The fraction of sp³-hybridized carbons (Fsp3) is 0.692. The Balaban J connectivity index is 1.70. The zero-order valence-electron chi connectivity index (χ0n) is 11.7. The van der Waals surface area contributed by atoms with E-state index in [9.17, 15) is 8.42 Å². The largest absolute Gasteiger partial charge is 0.379 e. The molecule has 0 bridgehead atoms. The summed E-state index contributed by atoms with van der Waals surface area (Å²) >= 11 is 1.65. The highest BCUT2D eigenvalue weighted by atomic mass is 32.2. The summed E-state index contributed by atoms with van der Waals surface area (Å²) in [6, 6.07) is 4.00. The third kappa shape index (κ3) is 4.82. The fourth-order valence-corrected chi connectivity index (χ4v) is 3.67. The van der Waals surface area contributed by atoms with Crippen molar-refractivity contribution in [3.63, 3.8) is 0 Å². The first kappa shape index (κ1) is 15.9. The number of sulfonamides is 1. The Kier molecular flexibility index (Phi) is 5.98. The van der Waals surface area contributed by atoms with Crippen LogP contribution in [-0.2, 0) is 25.9 Å². The molecule has 0 aliphatic carbocycles. The normalized spacial score (nSPS) is 19.8. The highest BCUT2D eigenvalue weighted by Crippen LogP contribution is 2.11. The Morgan fingerprint density at radius 3 is 3.05 bits per heavy atom. The lowest BCUT2D eigenvalue weighted by molar-refractivity contribution is 0.0516. The summed E-state index contributed by atoms with van der Waals surface area (Å²) in [5.74, 6) is 0.0322. The second-order valence-corrected chi connectivity index (χ2v) is 8.05. The zero-order chi connectivity index (χ0) is 14.4. The minimum absolute atomic E-state index is 0.0322. The van der Waals surface area contributed by atoms with Gasteiger partial charge in [0, 0.05) is 25.1 Å². The van der Waals surface area contributed by atoms with Crippen LogP contribution in [-0.4, -0.2) is 58.0 Å². The second-order valence-electron chi connectivity index (χ2n) is 4.82. The van der Waals surface area contributed by atoms with Gasteiger partial charge in [-0.25, -0.2) is 12.7 Å². The van der Waals surface area contributed by atoms with Crippen LogP contribution in [0.25, 0.3) is 0 Å². The summed E-state index contributed by atoms with van der Waals surface area (Å²) in [5.41, 5.74) is 0. The second kappa shape index (κ2) is 7.51. The van der Waals surface area contributed by atoms with Crippen LogP contribution in [0.3, 0.4) is 0 Å². The van der Waals surface area contributed by atoms with E-state index in [1.807, 2.05) is 17.5 Å². The van der Waals surface area contributed by atoms with Gasteiger partial charge in [-0.2, -0.15) is 0 Å². The number of hydrogen-bond donors (Lipinski definition) is 0. The van der Waals surface area contributed by atoms with Gasteiger partial charge in [0.1, 0.15) is 0 Å². The number of hydrogen-bond acceptors (Lipinski definition) is 5. The molecule has 0 N–H and O–H groups in total. The molecule has 1 fully saturated rings. The van der Waals surface area contributed by atoms with Crippen LogP contribution < -0.4 is 0 Å². The van der Waals surface area contributed by atoms with Crippen molar-refractivity contribution in [2.75, 3.05) is 39.2 Å². The van der Waals surface area contributed by atoms with Crippen molar-refractivity contribution >= 4 is 21.4 Å². The Hall–Kier alpha value is -0.470. The van der Waals surface area contributed by atoms with Crippen molar-refractivity contribution < 1.29 is 17.9 Å². The summed E-state index contributed by atoms with van der Waals surface area (Å²) in [5, 5.41) is 2.00. The number of ether oxygens (including phenoxy) is 2. The zero-order valence-corrected chi connectivity index (χ0v) is 13.3. The Morgan fingerprint density at radius 1 is 1.55 bits per heavy atom. The Morgan fingerprint density at radius 2 is 2.40 bits per heavy atom. The van der Waals surface area contributed by atoms with Crippen LogP contribution in [0.4, 0.5) is 0 Å². The third-order valence-corrected chi connectivity index (χ3v) is 6.06. The Bertz CT molecular complexity index is 480. The molecule has 2 heterocycles. The molecule has 1 atom stereocenters. The number of nitrogens with zero attached hydrogens (tertiary/aromatic N) is 1. The molecule has 20 heavy (non-hydrogen) atoms. The molecule has 1 aromatic rings. The third-order valence-electron chi connectivity index (χ3n) is 3.31. The molecule has 0 saturated carbocycles. The van der Waals surface area contributed by atoms with Gasteiger partial charge in [0.25, 0.3) is 0 Å². The van der Waals surface area contributed by atoms with E-state index in [4.69, 9.17) is 9.47 Å². The quantitative estimate of drug-likeness (QED) is 0.726. The van der Waals surface area contributed by atoms with Crippen LogP contribution in [0.1, 0.15) is 11.3 Å². The van der Waals surface area contributed by atoms with Crippen LogP contribution >= 0.6 is 11.3 Å². The average molecular weight is 319 g/mol. The lowest BCUT2D eigenvalue weighted by Crippen LogP contribution is -2.33. The molecule has 2 rings (SSSR count). The molecule has 114 valence electrons. The van der Waals surface area contributed by atoms with Crippen LogP contribution in [0.15, 0.2) is 17.5 Å². The monoisotopic (exact) mass is 319 g/mol.